The van der Waals surface area contributed by atoms with Gasteiger partial charge in [-0.05, 0) is 52.9 Å². The fraction of sp³-hybridized carbons (Fsp3) is 0.857. The van der Waals surface area contributed by atoms with Crippen LogP contribution in [0.25, 0.3) is 0 Å². The molecule has 0 bridgehead atoms. The lowest BCUT2D eigenvalue weighted by Crippen LogP contribution is -2.54. The van der Waals surface area contributed by atoms with Gasteiger partial charge in [-0.25, -0.2) is 9.59 Å². The van der Waals surface area contributed by atoms with E-state index in [1.807, 2.05) is 32.6 Å². The molecule has 0 aliphatic carbocycles. The van der Waals surface area contributed by atoms with Gasteiger partial charge in [-0.15, -0.1) is 0 Å². The van der Waals surface area contributed by atoms with Crippen molar-refractivity contribution in [2.75, 3.05) is 59.5 Å². The number of carbonyl (C=O) groups is 2. The summed E-state index contributed by atoms with van der Waals surface area (Å²) in [7, 11) is 1.78. The Bertz CT molecular complexity index is 597. The first-order chi connectivity index (χ1) is 14.2. The van der Waals surface area contributed by atoms with Gasteiger partial charge < -0.3 is 29.5 Å². The normalized spacial score (nSPS) is 20.8. The van der Waals surface area contributed by atoms with Gasteiger partial charge >= 0.3 is 12.2 Å². The first-order valence-electron chi connectivity index (χ1n) is 11.1. The summed E-state index contributed by atoms with van der Waals surface area (Å²) in [5.41, 5.74) is -0.463. The molecule has 0 aromatic heterocycles. The number of nitrogens with zero attached hydrogens (tertiary/aromatic N) is 4. The Kier molecular flexibility index (Phi) is 9.05. The predicted octanol–water partition coefficient (Wildman–Crippen LogP) is 2.37. The van der Waals surface area contributed by atoms with Crippen molar-refractivity contribution in [1.29, 1.82) is 0 Å². The molecule has 9 nitrogen and oxygen atoms in total. The molecule has 0 radical (unpaired) electrons. The first kappa shape index (κ1) is 24.1. The fourth-order valence-corrected chi connectivity index (χ4v) is 3.83. The third-order valence-electron chi connectivity index (χ3n) is 5.32. The van der Waals surface area contributed by atoms with E-state index in [2.05, 4.69) is 15.2 Å². The number of rotatable bonds is 4. The number of aliphatic imine (C=N–C) groups is 1. The van der Waals surface area contributed by atoms with Gasteiger partial charge in [-0.1, -0.05) is 0 Å². The van der Waals surface area contributed by atoms with Gasteiger partial charge in [-0.3, -0.25) is 4.99 Å². The highest BCUT2D eigenvalue weighted by molar-refractivity contribution is 5.80. The summed E-state index contributed by atoms with van der Waals surface area (Å²) in [4.78, 5) is 34.3. The molecule has 9 heteroatoms. The Morgan fingerprint density at radius 2 is 1.70 bits per heavy atom. The van der Waals surface area contributed by atoms with Crippen molar-refractivity contribution in [1.82, 2.24) is 20.0 Å². The standard InChI is InChI=1S/C21H39N5O4/c1-6-29-19(27)25-14-12-24(13-15-25)18(22-5)23-10-9-17-8-7-11-26(16-17)20(28)30-21(2,3)4/h17H,6-16H2,1-5H3,(H,22,23). The average molecular weight is 426 g/mol. The Balaban J connectivity index is 1.73. The van der Waals surface area contributed by atoms with Gasteiger partial charge in [-0.2, -0.15) is 0 Å². The van der Waals surface area contributed by atoms with E-state index in [0.717, 1.165) is 57.9 Å². The fourth-order valence-electron chi connectivity index (χ4n) is 3.83. The van der Waals surface area contributed by atoms with Crippen LogP contribution in [0.5, 0.6) is 0 Å². The Morgan fingerprint density at radius 1 is 1.03 bits per heavy atom. The lowest BCUT2D eigenvalue weighted by molar-refractivity contribution is 0.0162. The van der Waals surface area contributed by atoms with Crippen LogP contribution in [0.2, 0.25) is 0 Å². The number of piperidine rings is 1. The van der Waals surface area contributed by atoms with Crippen molar-refractivity contribution >= 4 is 18.1 Å². The maximum absolute atomic E-state index is 12.3. The van der Waals surface area contributed by atoms with E-state index in [1.165, 1.54) is 0 Å². The molecule has 0 aromatic rings. The largest absolute Gasteiger partial charge is 0.450 e. The number of likely N-dealkylation sites (tertiary alicyclic amines) is 1. The molecule has 0 spiro atoms. The van der Waals surface area contributed by atoms with Crippen molar-refractivity contribution in [2.45, 2.75) is 52.6 Å². The molecule has 2 aliphatic heterocycles. The zero-order valence-electron chi connectivity index (χ0n) is 19.3. The van der Waals surface area contributed by atoms with Gasteiger partial charge in [0.1, 0.15) is 5.60 Å². The Labute approximate surface area is 180 Å². The maximum atomic E-state index is 12.3. The van der Waals surface area contributed by atoms with Crippen molar-refractivity contribution in [2.24, 2.45) is 10.9 Å². The number of guanidine groups is 1. The Hall–Kier alpha value is -2.19. The van der Waals surface area contributed by atoms with Gasteiger partial charge in [0.15, 0.2) is 5.96 Å². The van der Waals surface area contributed by atoms with Crippen molar-refractivity contribution < 1.29 is 19.1 Å². The zero-order valence-corrected chi connectivity index (χ0v) is 19.3. The summed E-state index contributed by atoms with van der Waals surface area (Å²) in [6.07, 6.45) is 2.65. The summed E-state index contributed by atoms with van der Waals surface area (Å²) in [5.74, 6) is 1.32. The third-order valence-corrected chi connectivity index (χ3v) is 5.32. The van der Waals surface area contributed by atoms with Crippen LogP contribution in [-0.2, 0) is 9.47 Å². The van der Waals surface area contributed by atoms with Gasteiger partial charge in [0, 0.05) is 52.9 Å². The molecule has 30 heavy (non-hydrogen) atoms. The van der Waals surface area contributed by atoms with Gasteiger partial charge in [0.25, 0.3) is 0 Å². The molecule has 2 amide bonds. The number of hydrogen-bond donors (Lipinski definition) is 1. The number of carbonyl (C=O) groups excluding carboxylic acids is 2. The van der Waals surface area contributed by atoms with Crippen LogP contribution in [0.4, 0.5) is 9.59 Å². The van der Waals surface area contributed by atoms with Crippen LogP contribution in [0.15, 0.2) is 4.99 Å². The second kappa shape index (κ2) is 11.3. The lowest BCUT2D eigenvalue weighted by atomic mass is 9.95. The molecule has 2 saturated heterocycles. The second-order valence-corrected chi connectivity index (χ2v) is 8.87. The SMILES string of the molecule is CCOC(=O)N1CCN(C(=NC)NCCC2CCCN(C(=O)OC(C)(C)C)C2)CC1. The molecule has 0 aromatic carbocycles. The van der Waals surface area contributed by atoms with Crippen LogP contribution in [0.3, 0.4) is 0 Å². The monoisotopic (exact) mass is 425 g/mol. The smallest absolute Gasteiger partial charge is 0.410 e. The molecule has 2 heterocycles. The molecule has 1 N–H and O–H groups in total. The van der Waals surface area contributed by atoms with E-state index in [1.54, 1.807) is 11.9 Å². The van der Waals surface area contributed by atoms with E-state index in [-0.39, 0.29) is 12.2 Å². The number of piperazine rings is 1. The van der Waals surface area contributed by atoms with E-state index in [0.29, 0.717) is 25.6 Å². The third kappa shape index (κ3) is 7.57. The minimum atomic E-state index is -0.463. The summed E-state index contributed by atoms with van der Waals surface area (Å²) in [6.45, 7) is 12.9. The van der Waals surface area contributed by atoms with E-state index in [4.69, 9.17) is 9.47 Å². The average Bonchev–Trinajstić information content (AvgIpc) is 2.70. The highest BCUT2D eigenvalue weighted by atomic mass is 16.6. The van der Waals surface area contributed by atoms with Gasteiger partial charge in [0.2, 0.25) is 0 Å². The predicted molar refractivity (Wildman–Crippen MR) is 117 cm³/mol. The van der Waals surface area contributed by atoms with Crippen molar-refractivity contribution in [3.63, 3.8) is 0 Å². The van der Waals surface area contributed by atoms with E-state index < -0.39 is 5.60 Å². The van der Waals surface area contributed by atoms with Crippen molar-refractivity contribution in [3.8, 4) is 0 Å². The van der Waals surface area contributed by atoms with Crippen LogP contribution in [0.1, 0.15) is 47.0 Å². The first-order valence-corrected chi connectivity index (χ1v) is 11.1. The van der Waals surface area contributed by atoms with Crippen LogP contribution in [0, 0.1) is 5.92 Å². The quantitative estimate of drug-likeness (QED) is 0.550. The summed E-state index contributed by atoms with van der Waals surface area (Å²) < 4.78 is 10.6. The number of hydrogen-bond acceptors (Lipinski definition) is 5. The molecule has 1 atom stereocenters. The summed E-state index contributed by atoms with van der Waals surface area (Å²) >= 11 is 0. The minimum absolute atomic E-state index is 0.213. The minimum Gasteiger partial charge on any atom is -0.450 e. The topological polar surface area (TPSA) is 86.7 Å². The molecule has 2 aliphatic rings. The van der Waals surface area contributed by atoms with E-state index in [9.17, 15) is 9.59 Å². The molecular formula is C21H39N5O4. The summed E-state index contributed by atoms with van der Waals surface area (Å²) in [6, 6.07) is 0. The molecular weight excluding hydrogens is 386 g/mol. The lowest BCUT2D eigenvalue weighted by Gasteiger charge is -2.36. The summed E-state index contributed by atoms with van der Waals surface area (Å²) in [5, 5.41) is 3.44. The highest BCUT2D eigenvalue weighted by Crippen LogP contribution is 2.21. The second-order valence-electron chi connectivity index (χ2n) is 8.87. The van der Waals surface area contributed by atoms with Gasteiger partial charge in [0.05, 0.1) is 6.61 Å². The Morgan fingerprint density at radius 3 is 2.30 bits per heavy atom. The van der Waals surface area contributed by atoms with Crippen LogP contribution in [-0.4, -0.2) is 97.9 Å². The zero-order chi connectivity index (χ0) is 22.1. The molecule has 0 saturated carbocycles. The molecule has 1 unspecified atom stereocenters. The maximum Gasteiger partial charge on any atom is 0.410 e. The number of ether oxygens (including phenoxy) is 2. The van der Waals surface area contributed by atoms with Crippen molar-refractivity contribution in [3.05, 3.63) is 0 Å². The molecule has 2 fully saturated rings. The number of nitrogens with one attached hydrogen (secondary N) is 1. The number of amides is 2. The van der Waals surface area contributed by atoms with Crippen LogP contribution >= 0.6 is 0 Å². The van der Waals surface area contributed by atoms with E-state index >= 15 is 0 Å². The highest BCUT2D eigenvalue weighted by Gasteiger charge is 2.28. The molecule has 172 valence electrons. The molecule has 2 rings (SSSR count). The van der Waals surface area contributed by atoms with Crippen LogP contribution < -0.4 is 5.32 Å².